The molecule has 0 spiro atoms. The first kappa shape index (κ1) is 30.0. The highest BCUT2D eigenvalue weighted by Gasteiger charge is 2.48. The predicted molar refractivity (Wildman–Crippen MR) is 143 cm³/mol. The van der Waals surface area contributed by atoms with Crippen LogP contribution in [0.4, 0.5) is 11.6 Å². The van der Waals surface area contributed by atoms with Crippen molar-refractivity contribution >= 4 is 45.1 Å². The fraction of sp³-hybridized carbons (Fsp3) is 0.500. The standard InChI is InChI=1S/C22H30ClN5O9P2/c1-12-19(27(3)15-9-8-13-6-4-5-7-14(13)15)25-22(23)26-20(12)28(24-2)21-18(30)17(29)16(37-21)10-36-39(34,35)11-38(31,32)33/h4-7,15-18,21,29-30H,2,8-11H2,1,3H3,(H,34,35)(H2,31,32,33)/t15?,16-,17-,18-,21-/m1/s1. The van der Waals surface area contributed by atoms with Gasteiger partial charge in [-0.25, -0.2) is 9.99 Å². The normalized spacial score (nSPS) is 26.2. The van der Waals surface area contributed by atoms with Gasteiger partial charge in [0.25, 0.3) is 0 Å². The lowest BCUT2D eigenvalue weighted by Gasteiger charge is -2.31. The third-order valence-electron chi connectivity index (χ3n) is 6.72. The van der Waals surface area contributed by atoms with Gasteiger partial charge in [0.1, 0.15) is 24.1 Å². The highest BCUT2D eigenvalue weighted by Crippen LogP contribution is 2.55. The smallest absolute Gasteiger partial charge is 0.340 e. The van der Waals surface area contributed by atoms with Gasteiger partial charge in [0.05, 0.1) is 12.6 Å². The number of aliphatic hydroxyl groups is 2. The van der Waals surface area contributed by atoms with Crippen molar-refractivity contribution in [2.24, 2.45) is 5.10 Å². The van der Waals surface area contributed by atoms with Crippen LogP contribution in [0.5, 0.6) is 0 Å². The van der Waals surface area contributed by atoms with Gasteiger partial charge in [0.2, 0.25) is 5.28 Å². The summed E-state index contributed by atoms with van der Waals surface area (Å²) in [5.41, 5.74) is 2.96. The van der Waals surface area contributed by atoms with E-state index >= 15 is 0 Å². The number of fused-ring (bicyclic) bond motifs is 1. The molecule has 6 atom stereocenters. The molecule has 4 rings (SSSR count). The van der Waals surface area contributed by atoms with E-state index in [1.54, 1.807) is 6.92 Å². The van der Waals surface area contributed by atoms with Gasteiger partial charge in [0.15, 0.2) is 17.9 Å². The third-order valence-corrected chi connectivity index (χ3v) is 10.3. The Labute approximate surface area is 229 Å². The van der Waals surface area contributed by atoms with Crippen molar-refractivity contribution in [3.63, 3.8) is 0 Å². The molecule has 14 nitrogen and oxygen atoms in total. The summed E-state index contributed by atoms with van der Waals surface area (Å²) in [5.74, 6) is -0.757. The lowest BCUT2D eigenvalue weighted by atomic mass is 10.1. The van der Waals surface area contributed by atoms with Crippen LogP contribution in [0.1, 0.15) is 29.2 Å². The van der Waals surface area contributed by atoms with Crippen LogP contribution in [0.25, 0.3) is 0 Å². The second-order valence-corrected chi connectivity index (χ2v) is 13.7. The van der Waals surface area contributed by atoms with Gasteiger partial charge < -0.3 is 39.1 Å². The number of ether oxygens (including phenoxy) is 1. The minimum absolute atomic E-state index is 0.0304. The number of nitrogens with zero attached hydrogens (tertiary/aromatic N) is 5. The quantitative estimate of drug-likeness (QED) is 0.114. The summed E-state index contributed by atoms with van der Waals surface area (Å²) < 4.78 is 33.5. The molecule has 214 valence electrons. The van der Waals surface area contributed by atoms with E-state index < -0.39 is 52.2 Å². The molecule has 5 N–H and O–H groups in total. The Morgan fingerprint density at radius 3 is 2.51 bits per heavy atom. The molecule has 2 unspecified atom stereocenters. The van der Waals surface area contributed by atoms with E-state index in [0.717, 1.165) is 17.9 Å². The van der Waals surface area contributed by atoms with E-state index in [4.69, 9.17) is 30.6 Å². The minimum Gasteiger partial charge on any atom is -0.387 e. The summed E-state index contributed by atoms with van der Waals surface area (Å²) in [4.78, 5) is 38.3. The van der Waals surface area contributed by atoms with Gasteiger partial charge in [-0.3, -0.25) is 9.13 Å². The number of rotatable bonds is 10. The second kappa shape index (κ2) is 11.5. The fourth-order valence-electron chi connectivity index (χ4n) is 4.92. The maximum Gasteiger partial charge on any atom is 0.340 e. The van der Waals surface area contributed by atoms with Crippen molar-refractivity contribution in [2.75, 3.05) is 29.5 Å². The zero-order chi connectivity index (χ0) is 28.7. The molecule has 0 bridgehead atoms. The summed E-state index contributed by atoms with van der Waals surface area (Å²) in [6.45, 7) is 4.52. The first-order valence-electron chi connectivity index (χ1n) is 11.9. The number of anilines is 2. The number of aryl methyl sites for hydroxylation is 1. The molecular formula is C22H30ClN5O9P2. The molecule has 1 aliphatic heterocycles. The molecule has 0 radical (unpaired) electrons. The lowest BCUT2D eigenvalue weighted by molar-refractivity contribution is -0.0185. The molecule has 1 aliphatic carbocycles. The second-order valence-electron chi connectivity index (χ2n) is 9.40. The van der Waals surface area contributed by atoms with Crippen LogP contribution in [0.15, 0.2) is 29.4 Å². The van der Waals surface area contributed by atoms with E-state index in [-0.39, 0.29) is 17.1 Å². The summed E-state index contributed by atoms with van der Waals surface area (Å²) in [6.07, 6.45) is -4.13. The highest BCUT2D eigenvalue weighted by molar-refractivity contribution is 7.70. The number of hydrogen-bond acceptors (Lipinski definition) is 11. The number of benzene rings is 1. The zero-order valence-corrected chi connectivity index (χ0v) is 23.7. The van der Waals surface area contributed by atoms with E-state index in [1.807, 2.05) is 24.1 Å². The van der Waals surface area contributed by atoms with Crippen LogP contribution in [0.3, 0.4) is 0 Å². The molecule has 1 aromatic heterocycles. The minimum atomic E-state index is -4.85. The summed E-state index contributed by atoms with van der Waals surface area (Å²) in [5, 5.41) is 26.2. The fourth-order valence-corrected chi connectivity index (χ4v) is 7.65. The molecule has 1 aromatic carbocycles. The molecule has 2 aromatic rings. The van der Waals surface area contributed by atoms with Crippen LogP contribution in [-0.2, 0) is 24.8 Å². The number of aromatic nitrogens is 2. The van der Waals surface area contributed by atoms with E-state index in [2.05, 4.69) is 33.9 Å². The number of hydrogen-bond donors (Lipinski definition) is 5. The Kier molecular flexibility index (Phi) is 8.85. The van der Waals surface area contributed by atoms with Crippen LogP contribution >= 0.6 is 26.8 Å². The monoisotopic (exact) mass is 605 g/mol. The molecule has 1 fully saturated rings. The Hall–Kier alpha value is -1.96. The first-order chi connectivity index (χ1) is 18.2. The van der Waals surface area contributed by atoms with Crippen LogP contribution in [0, 0.1) is 6.92 Å². The largest absolute Gasteiger partial charge is 0.387 e. The zero-order valence-electron chi connectivity index (χ0n) is 21.1. The molecule has 0 saturated carbocycles. The van der Waals surface area contributed by atoms with Gasteiger partial charge in [-0.15, -0.1) is 0 Å². The predicted octanol–water partition coefficient (Wildman–Crippen LogP) is 1.77. The number of hydrazone groups is 1. The average molecular weight is 606 g/mol. The topological polar surface area (TPSA) is 198 Å². The Bertz CT molecular complexity index is 1330. The van der Waals surface area contributed by atoms with E-state index in [0.29, 0.717) is 11.4 Å². The van der Waals surface area contributed by atoms with Gasteiger partial charge in [-0.05, 0) is 42.5 Å². The molecule has 39 heavy (non-hydrogen) atoms. The van der Waals surface area contributed by atoms with Gasteiger partial charge in [0, 0.05) is 19.3 Å². The molecule has 0 amide bonds. The Morgan fingerprint density at radius 1 is 1.18 bits per heavy atom. The van der Waals surface area contributed by atoms with Gasteiger partial charge in [-0.1, -0.05) is 24.3 Å². The molecule has 1 saturated heterocycles. The van der Waals surface area contributed by atoms with Crippen LogP contribution in [-0.4, -0.2) is 85.7 Å². The first-order valence-corrected chi connectivity index (χ1v) is 15.8. The molecule has 2 aliphatic rings. The van der Waals surface area contributed by atoms with E-state index in [1.165, 1.54) is 11.1 Å². The molecular weight excluding hydrogens is 576 g/mol. The van der Waals surface area contributed by atoms with Gasteiger partial charge in [-0.2, -0.15) is 10.1 Å². The SMILES string of the molecule is C=NN(c1nc(Cl)nc(N(C)C2CCc3ccccc32)c1C)[C@@H]1O[C@H](COP(=O)(O)CP(=O)(O)O)[C@@H](O)[C@H]1O. The highest BCUT2D eigenvalue weighted by atomic mass is 35.5. The van der Waals surface area contributed by atoms with Crippen molar-refractivity contribution in [3.8, 4) is 0 Å². The number of halogens is 1. The lowest BCUT2D eigenvalue weighted by Crippen LogP contribution is -2.42. The Balaban J connectivity index is 1.57. The van der Waals surface area contributed by atoms with Crippen molar-refractivity contribution in [1.82, 2.24) is 9.97 Å². The summed E-state index contributed by atoms with van der Waals surface area (Å²) >= 11 is 6.29. The summed E-state index contributed by atoms with van der Waals surface area (Å²) in [7, 11) is -7.68. The maximum atomic E-state index is 12.0. The number of aliphatic hydroxyl groups excluding tert-OH is 2. The summed E-state index contributed by atoms with van der Waals surface area (Å²) in [6, 6.07) is 8.16. The van der Waals surface area contributed by atoms with Crippen molar-refractivity contribution < 1.29 is 43.3 Å². The van der Waals surface area contributed by atoms with E-state index in [9.17, 15) is 24.2 Å². The van der Waals surface area contributed by atoms with Crippen molar-refractivity contribution in [1.29, 1.82) is 0 Å². The average Bonchev–Trinajstić information content (AvgIpc) is 3.40. The maximum absolute atomic E-state index is 12.0. The molecule has 17 heteroatoms. The van der Waals surface area contributed by atoms with Gasteiger partial charge >= 0.3 is 15.2 Å². The van der Waals surface area contributed by atoms with Crippen molar-refractivity contribution in [3.05, 3.63) is 46.2 Å². The van der Waals surface area contributed by atoms with Crippen LogP contribution < -0.4 is 9.91 Å². The van der Waals surface area contributed by atoms with Crippen molar-refractivity contribution in [2.45, 2.75) is 50.3 Å². The third kappa shape index (κ3) is 6.52. The van der Waals surface area contributed by atoms with Crippen LogP contribution in [0.2, 0.25) is 5.28 Å². The Morgan fingerprint density at radius 2 is 1.85 bits per heavy atom. The molecule has 2 heterocycles.